The molecule has 1 aliphatic heterocycles. The van der Waals surface area contributed by atoms with Crippen LogP contribution in [0.2, 0.25) is 5.02 Å². The van der Waals surface area contributed by atoms with Gasteiger partial charge in [0.15, 0.2) is 0 Å². The number of fused-ring (bicyclic) bond motifs is 3. The van der Waals surface area contributed by atoms with Crippen molar-refractivity contribution < 1.29 is 4.79 Å². The summed E-state index contributed by atoms with van der Waals surface area (Å²) in [5.74, 6) is 0.933. The lowest BCUT2D eigenvalue weighted by molar-refractivity contribution is 0.194. The summed E-state index contributed by atoms with van der Waals surface area (Å²) >= 11 is 6.46. The number of aryl methyl sites for hydroxylation is 2. The summed E-state index contributed by atoms with van der Waals surface area (Å²) in [4.78, 5) is 16.0. The molecule has 0 unspecified atom stereocenters. The van der Waals surface area contributed by atoms with Crippen LogP contribution >= 0.6 is 11.6 Å². The van der Waals surface area contributed by atoms with Gasteiger partial charge in [-0.1, -0.05) is 54.1 Å². The molecule has 0 radical (unpaired) electrons. The van der Waals surface area contributed by atoms with Gasteiger partial charge in [-0.25, -0.2) is 9.48 Å². The highest BCUT2D eigenvalue weighted by molar-refractivity contribution is 6.30. The van der Waals surface area contributed by atoms with E-state index in [0.29, 0.717) is 11.6 Å². The Morgan fingerprint density at radius 1 is 0.947 bits per heavy atom. The maximum absolute atomic E-state index is 14.1. The van der Waals surface area contributed by atoms with Crippen LogP contribution in [0.1, 0.15) is 39.7 Å². The molecule has 3 aromatic carbocycles. The number of halogens is 1. The molecule has 6 rings (SSSR count). The molecule has 0 saturated carbocycles. The van der Waals surface area contributed by atoms with E-state index < -0.39 is 0 Å². The van der Waals surface area contributed by atoms with E-state index in [9.17, 15) is 4.79 Å². The van der Waals surface area contributed by atoms with Crippen LogP contribution in [0.15, 0.2) is 91.1 Å². The molecule has 0 fully saturated rings. The lowest BCUT2D eigenvalue weighted by atomic mass is 10.0. The van der Waals surface area contributed by atoms with Crippen molar-refractivity contribution in [2.75, 3.05) is 5.32 Å². The summed E-state index contributed by atoms with van der Waals surface area (Å²) in [6.45, 7) is 6.46. The third kappa shape index (κ3) is 4.07. The monoisotopic (exact) mass is 521 g/mol. The number of carbonyl (C=O) groups is 1. The average molecular weight is 522 g/mol. The predicted octanol–water partition coefficient (Wildman–Crippen LogP) is 7.38. The van der Waals surface area contributed by atoms with E-state index in [1.165, 1.54) is 0 Å². The highest BCUT2D eigenvalue weighted by Crippen LogP contribution is 2.39. The molecule has 0 saturated heterocycles. The van der Waals surface area contributed by atoms with Crippen LogP contribution in [0.5, 0.6) is 0 Å². The Bertz CT molecular complexity index is 1650. The van der Waals surface area contributed by atoms with Gasteiger partial charge in [0.2, 0.25) is 0 Å². The summed E-state index contributed by atoms with van der Waals surface area (Å²) in [5.41, 5.74) is 7.70. The van der Waals surface area contributed by atoms with E-state index in [-0.39, 0.29) is 12.1 Å². The number of hydrogen-bond acceptors (Lipinski definition) is 2. The van der Waals surface area contributed by atoms with E-state index in [4.69, 9.17) is 16.7 Å². The molecule has 1 aliphatic rings. The first-order valence-electron chi connectivity index (χ1n) is 12.6. The Hall–Kier alpha value is -4.29. The quantitative estimate of drug-likeness (QED) is 0.269. The average Bonchev–Trinajstić information content (AvgIpc) is 3.47. The van der Waals surface area contributed by atoms with Crippen LogP contribution in [0.3, 0.4) is 0 Å². The topological polar surface area (TPSA) is 55.1 Å². The van der Waals surface area contributed by atoms with Gasteiger partial charge in [-0.05, 0) is 79.9 Å². The summed E-state index contributed by atoms with van der Waals surface area (Å²) in [5, 5.41) is 8.74. The Kier molecular flexibility index (Phi) is 6.04. The maximum Gasteiger partial charge on any atom is 0.322 e. The SMILES string of the molecule is Cc1cccc(NC(=O)N2Cc3c(C)nn(-c4ccccc4)c3-n3cccc3[C@@H]2c2cccc(Cl)c2)c1C. The number of hydrogen-bond donors (Lipinski definition) is 1. The standard InChI is InChI=1S/C31H28ClN5O/c1-20-10-7-15-27(21(20)2)33-31(38)36-19-26-22(3)34-37(25-13-5-4-6-14-25)30(26)35-17-9-16-28(35)29(36)23-11-8-12-24(32)18-23/h4-18,29H,19H2,1-3H3,(H,33,38)/t29-/m0/s1. The second kappa shape index (κ2) is 9.54. The Balaban J connectivity index is 1.54. The maximum atomic E-state index is 14.1. The van der Waals surface area contributed by atoms with E-state index in [0.717, 1.165) is 50.8 Å². The van der Waals surface area contributed by atoms with Crippen LogP contribution in [0.4, 0.5) is 10.5 Å². The van der Waals surface area contributed by atoms with E-state index >= 15 is 0 Å². The second-order valence-electron chi connectivity index (χ2n) is 9.70. The van der Waals surface area contributed by atoms with Crippen molar-refractivity contribution in [1.82, 2.24) is 19.2 Å². The lowest BCUT2D eigenvalue weighted by Crippen LogP contribution is -2.38. The number of nitrogens with one attached hydrogen (secondary N) is 1. The third-order valence-corrected chi connectivity index (χ3v) is 7.59. The lowest BCUT2D eigenvalue weighted by Gasteiger charge is -2.31. The van der Waals surface area contributed by atoms with Gasteiger partial charge in [0.25, 0.3) is 0 Å². The molecule has 0 spiro atoms. The van der Waals surface area contributed by atoms with Crippen LogP contribution in [0.25, 0.3) is 11.5 Å². The zero-order valence-corrected chi connectivity index (χ0v) is 22.3. The number of carbonyl (C=O) groups excluding carboxylic acids is 1. The number of aromatic nitrogens is 3. The molecule has 38 heavy (non-hydrogen) atoms. The first kappa shape index (κ1) is 24.1. The molecular weight excluding hydrogens is 494 g/mol. The molecule has 6 nitrogen and oxygen atoms in total. The second-order valence-corrected chi connectivity index (χ2v) is 10.1. The minimum Gasteiger partial charge on any atom is -0.308 e. The van der Waals surface area contributed by atoms with Crippen molar-refractivity contribution in [2.24, 2.45) is 0 Å². The fraction of sp³-hybridized carbons (Fsp3) is 0.161. The summed E-state index contributed by atoms with van der Waals surface area (Å²) in [7, 11) is 0. The van der Waals surface area contributed by atoms with Gasteiger partial charge in [0.1, 0.15) is 5.82 Å². The highest BCUT2D eigenvalue weighted by atomic mass is 35.5. The highest BCUT2D eigenvalue weighted by Gasteiger charge is 2.36. The predicted molar refractivity (Wildman–Crippen MR) is 151 cm³/mol. The zero-order valence-electron chi connectivity index (χ0n) is 21.5. The van der Waals surface area contributed by atoms with Crippen LogP contribution in [0, 0.1) is 20.8 Å². The van der Waals surface area contributed by atoms with Crippen molar-refractivity contribution in [2.45, 2.75) is 33.4 Å². The molecule has 0 bridgehead atoms. The van der Waals surface area contributed by atoms with E-state index in [1.807, 2.05) is 115 Å². The third-order valence-electron chi connectivity index (χ3n) is 7.36. The summed E-state index contributed by atoms with van der Waals surface area (Å²) in [6.07, 6.45) is 2.04. The number of urea groups is 1. The van der Waals surface area contributed by atoms with Crippen molar-refractivity contribution in [3.05, 3.63) is 130 Å². The molecule has 190 valence electrons. The van der Waals surface area contributed by atoms with Gasteiger partial charge in [-0.3, -0.25) is 0 Å². The van der Waals surface area contributed by atoms with Gasteiger partial charge in [-0.2, -0.15) is 5.10 Å². The van der Waals surface area contributed by atoms with Crippen LogP contribution in [-0.2, 0) is 6.54 Å². The number of nitrogens with zero attached hydrogens (tertiary/aromatic N) is 4. The Morgan fingerprint density at radius 2 is 1.74 bits per heavy atom. The largest absolute Gasteiger partial charge is 0.322 e. The number of rotatable bonds is 3. The van der Waals surface area contributed by atoms with Crippen molar-refractivity contribution in [1.29, 1.82) is 0 Å². The minimum absolute atomic E-state index is 0.184. The van der Waals surface area contributed by atoms with E-state index in [1.54, 1.807) is 0 Å². The number of amides is 2. The zero-order chi connectivity index (χ0) is 26.4. The molecule has 5 aromatic rings. The minimum atomic E-state index is -0.371. The molecule has 1 N–H and O–H groups in total. The molecule has 2 aromatic heterocycles. The van der Waals surface area contributed by atoms with E-state index in [2.05, 4.69) is 16.0 Å². The number of para-hydroxylation sites is 1. The summed E-state index contributed by atoms with van der Waals surface area (Å²) in [6, 6.07) is 27.3. The fourth-order valence-electron chi connectivity index (χ4n) is 5.25. The molecule has 1 atom stereocenters. The first-order chi connectivity index (χ1) is 18.4. The molecule has 3 heterocycles. The van der Waals surface area contributed by atoms with Crippen LogP contribution < -0.4 is 5.32 Å². The van der Waals surface area contributed by atoms with Gasteiger partial charge in [0, 0.05) is 22.5 Å². The normalized spacial score (nSPS) is 14.5. The van der Waals surface area contributed by atoms with Crippen molar-refractivity contribution in [3.8, 4) is 11.5 Å². The molecular formula is C31H28ClN5O. The molecule has 2 amide bonds. The fourth-order valence-corrected chi connectivity index (χ4v) is 5.45. The van der Waals surface area contributed by atoms with Crippen molar-refractivity contribution >= 4 is 23.3 Å². The van der Waals surface area contributed by atoms with Gasteiger partial charge >= 0.3 is 6.03 Å². The van der Waals surface area contributed by atoms with Crippen LogP contribution in [-0.4, -0.2) is 25.3 Å². The molecule has 0 aliphatic carbocycles. The van der Waals surface area contributed by atoms with Crippen molar-refractivity contribution in [3.63, 3.8) is 0 Å². The number of anilines is 1. The smallest absolute Gasteiger partial charge is 0.308 e. The Morgan fingerprint density at radius 3 is 2.53 bits per heavy atom. The number of benzene rings is 3. The molecule has 7 heteroatoms. The Labute approximate surface area is 227 Å². The van der Waals surface area contributed by atoms with Gasteiger partial charge in [-0.15, -0.1) is 0 Å². The van der Waals surface area contributed by atoms with Gasteiger partial charge in [0.05, 0.1) is 29.7 Å². The van der Waals surface area contributed by atoms with Gasteiger partial charge < -0.3 is 14.8 Å². The summed E-state index contributed by atoms with van der Waals surface area (Å²) < 4.78 is 4.12. The first-order valence-corrected chi connectivity index (χ1v) is 13.0.